The van der Waals surface area contributed by atoms with E-state index in [1.165, 1.54) is 0 Å². The first-order valence-electron chi connectivity index (χ1n) is 3.71. The zero-order valence-electron chi connectivity index (χ0n) is 6.62. The van der Waals surface area contributed by atoms with Crippen molar-refractivity contribution in [1.29, 1.82) is 5.41 Å². The second-order valence-electron chi connectivity index (χ2n) is 2.55. The van der Waals surface area contributed by atoms with E-state index in [0.717, 1.165) is 32.5 Å². The molecule has 0 saturated carbocycles. The van der Waals surface area contributed by atoms with Crippen LogP contribution in [0.3, 0.4) is 0 Å². The van der Waals surface area contributed by atoms with Crippen LogP contribution in [0.5, 0.6) is 0 Å². The summed E-state index contributed by atoms with van der Waals surface area (Å²) in [5.41, 5.74) is 0. The van der Waals surface area contributed by atoms with Gasteiger partial charge in [0, 0.05) is 0 Å². The fraction of sp³-hybridized carbons (Fsp3) is 0.857. The van der Waals surface area contributed by atoms with Gasteiger partial charge in [-0.05, 0) is 0 Å². The molecular formula is C7H11NO4. The van der Waals surface area contributed by atoms with Crippen molar-refractivity contribution >= 4 is 6.08 Å². The van der Waals surface area contributed by atoms with Gasteiger partial charge in [-0.15, -0.1) is 0 Å². The molecule has 5 nitrogen and oxygen atoms in total. The lowest BCUT2D eigenvalue weighted by molar-refractivity contribution is 0.102. The lowest BCUT2D eigenvalue weighted by Gasteiger charge is -1.95. The Morgan fingerprint density at radius 3 is 1.92 bits per heavy atom. The van der Waals surface area contributed by atoms with E-state index in [2.05, 4.69) is 0 Å². The fourth-order valence-corrected chi connectivity index (χ4v) is 0.659. The van der Waals surface area contributed by atoms with Crippen LogP contribution >= 0.6 is 0 Å². The summed E-state index contributed by atoms with van der Waals surface area (Å²) in [4.78, 5) is 8.35. The highest BCUT2D eigenvalue weighted by molar-refractivity contribution is 5.26. The van der Waals surface area contributed by atoms with Crippen LogP contribution in [0.4, 0.5) is 0 Å². The molecule has 2 aliphatic heterocycles. The third-order valence-corrected chi connectivity index (χ3v) is 1.41. The molecule has 2 atom stereocenters. The summed E-state index contributed by atoms with van der Waals surface area (Å²) in [6.07, 6.45) is 1.53. The topological polar surface area (TPSA) is 75.2 Å². The number of hydrogen-bond donors (Lipinski definition) is 1. The molecule has 12 heavy (non-hydrogen) atoms. The number of nitrogens with one attached hydrogen (secondary N) is 1. The number of rotatable bonds is 4. The molecule has 2 unspecified atom stereocenters. The summed E-state index contributed by atoms with van der Waals surface area (Å²) in [7, 11) is 0. The maximum absolute atomic E-state index is 8.35. The van der Waals surface area contributed by atoms with Crippen molar-refractivity contribution in [2.24, 2.45) is 0 Å². The molecule has 2 rings (SSSR count). The molecule has 0 bridgehead atoms. The van der Waals surface area contributed by atoms with Gasteiger partial charge >= 0.3 is 0 Å². The minimum atomic E-state index is 0.392. The van der Waals surface area contributed by atoms with E-state index < -0.39 is 0 Å². The molecule has 0 spiro atoms. The van der Waals surface area contributed by atoms with E-state index in [1.54, 1.807) is 0 Å². The molecule has 2 aliphatic rings. The van der Waals surface area contributed by atoms with Crippen LogP contribution in [0.1, 0.15) is 0 Å². The van der Waals surface area contributed by atoms with E-state index in [4.69, 9.17) is 24.4 Å². The lowest BCUT2D eigenvalue weighted by Crippen LogP contribution is -2.06. The molecule has 1 N–H and O–H groups in total. The summed E-state index contributed by atoms with van der Waals surface area (Å²) in [5.74, 6) is 0. The first kappa shape index (κ1) is 9.35. The van der Waals surface area contributed by atoms with Gasteiger partial charge in [-0.3, -0.25) is 0 Å². The monoisotopic (exact) mass is 173 g/mol. The van der Waals surface area contributed by atoms with Crippen LogP contribution in [0.15, 0.2) is 0 Å². The maximum atomic E-state index is 8.35. The molecule has 0 aromatic heterocycles. The number of hydrogen-bond acceptors (Lipinski definition) is 5. The van der Waals surface area contributed by atoms with Crippen molar-refractivity contribution in [3.05, 3.63) is 0 Å². The molecule has 2 fully saturated rings. The number of ether oxygens (including phenoxy) is 3. The fourth-order valence-electron chi connectivity index (χ4n) is 0.659. The van der Waals surface area contributed by atoms with Gasteiger partial charge in [0.1, 0.15) is 12.2 Å². The van der Waals surface area contributed by atoms with Crippen LogP contribution in [0.25, 0.3) is 0 Å². The van der Waals surface area contributed by atoms with Gasteiger partial charge < -0.3 is 14.2 Å². The average Bonchev–Trinajstić information content (AvgIpc) is 2.82. The third-order valence-electron chi connectivity index (χ3n) is 1.41. The summed E-state index contributed by atoms with van der Waals surface area (Å²) in [6.45, 7) is 3.26. The van der Waals surface area contributed by atoms with Gasteiger partial charge in [0.2, 0.25) is 6.08 Å². The summed E-state index contributed by atoms with van der Waals surface area (Å²) < 4.78 is 15.1. The van der Waals surface area contributed by atoms with Gasteiger partial charge in [0.15, 0.2) is 0 Å². The van der Waals surface area contributed by atoms with Gasteiger partial charge in [-0.1, -0.05) is 0 Å². The quantitative estimate of drug-likeness (QED) is 0.360. The van der Waals surface area contributed by atoms with Crippen LogP contribution in [0, 0.1) is 5.41 Å². The Kier molecular flexibility index (Phi) is 3.90. The first-order chi connectivity index (χ1) is 5.86. The molecule has 68 valence electrons. The second-order valence-corrected chi connectivity index (χ2v) is 2.55. The SMILES string of the molecule is C(OCC1CO1)C1CO1.N=C=O. The molecule has 0 aromatic carbocycles. The Balaban J connectivity index is 0.000000213. The zero-order valence-corrected chi connectivity index (χ0v) is 6.62. The highest BCUT2D eigenvalue weighted by atomic mass is 16.6. The number of isocyanates is 1. The van der Waals surface area contributed by atoms with Crippen molar-refractivity contribution in [2.45, 2.75) is 12.2 Å². The molecule has 0 aliphatic carbocycles. The Labute approximate surface area is 70.1 Å². The predicted octanol–water partition coefficient (Wildman–Crippen LogP) is -0.298. The van der Waals surface area contributed by atoms with Gasteiger partial charge in [-0.25, -0.2) is 10.2 Å². The van der Waals surface area contributed by atoms with Crippen LogP contribution in [-0.4, -0.2) is 44.7 Å². The third kappa shape index (κ3) is 4.98. The van der Waals surface area contributed by atoms with Crippen molar-refractivity contribution in [3.63, 3.8) is 0 Å². The largest absolute Gasteiger partial charge is 0.376 e. The highest BCUT2D eigenvalue weighted by Crippen LogP contribution is 2.12. The minimum Gasteiger partial charge on any atom is -0.376 e. The van der Waals surface area contributed by atoms with Crippen molar-refractivity contribution in [3.8, 4) is 0 Å². The average molecular weight is 173 g/mol. The summed E-state index contributed by atoms with van der Waals surface area (Å²) in [6, 6.07) is 0. The first-order valence-corrected chi connectivity index (χ1v) is 3.71. The molecule has 0 radical (unpaired) electrons. The van der Waals surface area contributed by atoms with Crippen LogP contribution < -0.4 is 0 Å². The van der Waals surface area contributed by atoms with Gasteiger partial charge in [0.25, 0.3) is 0 Å². The molecule has 2 saturated heterocycles. The Morgan fingerprint density at radius 1 is 1.33 bits per heavy atom. The zero-order chi connectivity index (χ0) is 8.81. The van der Waals surface area contributed by atoms with Crippen molar-refractivity contribution in [2.75, 3.05) is 26.4 Å². The second kappa shape index (κ2) is 5.00. The maximum Gasteiger partial charge on any atom is 0.231 e. The lowest BCUT2D eigenvalue weighted by atomic mass is 10.5. The molecular weight excluding hydrogens is 162 g/mol. The van der Waals surface area contributed by atoms with E-state index in [9.17, 15) is 0 Å². The summed E-state index contributed by atoms with van der Waals surface area (Å²) in [5, 5.41) is 5.40. The van der Waals surface area contributed by atoms with Gasteiger partial charge in [0.05, 0.1) is 26.4 Å². The standard InChI is InChI=1S/C6H10O3.CHNO/c1(5-3-8-5)7-2-6-4-9-6;2-1-3/h5-6H,1-4H2;2H. The smallest absolute Gasteiger partial charge is 0.231 e. The summed E-state index contributed by atoms with van der Waals surface area (Å²) >= 11 is 0. The normalized spacial score (nSPS) is 29.7. The van der Waals surface area contributed by atoms with E-state index in [1.807, 2.05) is 0 Å². The van der Waals surface area contributed by atoms with E-state index >= 15 is 0 Å². The molecule has 0 amide bonds. The predicted molar refractivity (Wildman–Crippen MR) is 38.7 cm³/mol. The van der Waals surface area contributed by atoms with Gasteiger partial charge in [-0.2, -0.15) is 0 Å². The Hall–Kier alpha value is -0.740. The van der Waals surface area contributed by atoms with E-state index in [0.29, 0.717) is 12.2 Å². The minimum absolute atomic E-state index is 0.392. The van der Waals surface area contributed by atoms with Crippen LogP contribution in [-0.2, 0) is 19.0 Å². The van der Waals surface area contributed by atoms with Crippen molar-refractivity contribution in [1.82, 2.24) is 0 Å². The van der Waals surface area contributed by atoms with E-state index in [-0.39, 0.29) is 0 Å². The molecule has 2 heterocycles. The Morgan fingerprint density at radius 2 is 1.67 bits per heavy atom. The number of epoxide rings is 2. The number of carbonyl (C=O) groups excluding carboxylic acids is 1. The highest BCUT2D eigenvalue weighted by Gasteiger charge is 2.26. The molecule has 5 heteroatoms. The Bertz CT molecular complexity index is 147. The van der Waals surface area contributed by atoms with Crippen LogP contribution in [0.2, 0.25) is 0 Å². The van der Waals surface area contributed by atoms with Crippen molar-refractivity contribution < 1.29 is 19.0 Å². The molecule has 0 aromatic rings.